The summed E-state index contributed by atoms with van der Waals surface area (Å²) in [6.07, 6.45) is 2.25. The molecule has 0 amide bonds. The Kier molecular flexibility index (Phi) is 2.23. The molecule has 1 saturated carbocycles. The van der Waals surface area contributed by atoms with Crippen LogP contribution in [-0.2, 0) is 14.4 Å². The molecule has 0 radical (unpaired) electrons. The van der Waals surface area contributed by atoms with Crippen LogP contribution in [-0.4, -0.2) is 18.1 Å². The van der Waals surface area contributed by atoms with Crippen molar-refractivity contribution in [3.05, 3.63) is 30.1 Å². The van der Waals surface area contributed by atoms with E-state index in [1.54, 1.807) is 13.1 Å². The van der Waals surface area contributed by atoms with Gasteiger partial charge in [0.05, 0.1) is 18.2 Å². The van der Waals surface area contributed by atoms with Crippen molar-refractivity contribution in [1.29, 1.82) is 0 Å². The smallest absolute Gasteiger partial charge is 0.313 e. The van der Waals surface area contributed by atoms with Gasteiger partial charge < -0.3 is 4.74 Å². The number of carbonyl (C=O) groups is 1. The van der Waals surface area contributed by atoms with Crippen LogP contribution in [0.15, 0.2) is 24.4 Å². The van der Waals surface area contributed by atoms with Gasteiger partial charge in [-0.1, -0.05) is 6.07 Å². The minimum Gasteiger partial charge on any atom is -0.469 e. The maximum atomic E-state index is 11.6. The van der Waals surface area contributed by atoms with Crippen molar-refractivity contribution in [2.45, 2.75) is 18.2 Å². The lowest BCUT2D eigenvalue weighted by molar-refractivity contribution is -0.146. The molecule has 0 aromatic carbocycles. The van der Waals surface area contributed by atoms with E-state index >= 15 is 0 Å². The number of rotatable bonds is 2. The van der Waals surface area contributed by atoms with Gasteiger partial charge in [0.2, 0.25) is 0 Å². The highest BCUT2D eigenvalue weighted by Crippen LogP contribution is 2.67. The van der Waals surface area contributed by atoms with Gasteiger partial charge in [-0.3, -0.25) is 9.78 Å². The second-order valence-corrected chi connectivity index (χ2v) is 4.66. The van der Waals surface area contributed by atoms with Gasteiger partial charge in [-0.25, -0.2) is 0 Å². The van der Waals surface area contributed by atoms with Gasteiger partial charge in [0.1, 0.15) is 4.87 Å². The first-order valence-electron chi connectivity index (χ1n) is 4.73. The van der Waals surface area contributed by atoms with Crippen LogP contribution in [0.1, 0.15) is 19.0 Å². The summed E-state index contributed by atoms with van der Waals surface area (Å²) in [5.41, 5.74) is 0.0945. The maximum absolute atomic E-state index is 11.6. The molecule has 1 aromatic heterocycles. The molecule has 4 heteroatoms. The Morgan fingerprint density at radius 2 is 2.33 bits per heavy atom. The van der Waals surface area contributed by atoms with Crippen molar-refractivity contribution in [3.63, 3.8) is 0 Å². The summed E-state index contributed by atoms with van der Waals surface area (Å²) in [6.45, 7) is 1.81. The first-order chi connectivity index (χ1) is 7.04. The summed E-state index contributed by atoms with van der Waals surface area (Å²) >= 11 is 6.39. The molecule has 3 nitrogen and oxygen atoms in total. The van der Waals surface area contributed by atoms with Gasteiger partial charge in [0, 0.05) is 6.20 Å². The van der Waals surface area contributed by atoms with Crippen molar-refractivity contribution < 1.29 is 9.53 Å². The van der Waals surface area contributed by atoms with E-state index in [-0.39, 0.29) is 5.97 Å². The number of hydrogen-bond acceptors (Lipinski definition) is 3. The zero-order valence-electron chi connectivity index (χ0n) is 8.66. The first-order valence-corrected chi connectivity index (χ1v) is 5.11. The number of carbonyl (C=O) groups excluding carboxylic acids is 1. The van der Waals surface area contributed by atoms with Crippen LogP contribution >= 0.6 is 11.6 Å². The van der Waals surface area contributed by atoms with E-state index in [1.165, 1.54) is 7.11 Å². The van der Waals surface area contributed by atoms with Crippen molar-refractivity contribution in [2.75, 3.05) is 7.11 Å². The van der Waals surface area contributed by atoms with Crippen molar-refractivity contribution in [3.8, 4) is 0 Å². The third kappa shape index (κ3) is 1.34. The predicted octanol–water partition coefficient (Wildman–Crippen LogP) is 2.10. The number of aromatic nitrogens is 1. The van der Waals surface area contributed by atoms with Crippen molar-refractivity contribution >= 4 is 17.6 Å². The highest BCUT2D eigenvalue weighted by Gasteiger charge is 2.71. The Hall–Kier alpha value is -1.09. The molecule has 2 atom stereocenters. The Morgan fingerprint density at radius 3 is 2.87 bits per heavy atom. The summed E-state index contributed by atoms with van der Waals surface area (Å²) in [4.78, 5) is 15.0. The fraction of sp³-hybridized carbons (Fsp3) is 0.455. The van der Waals surface area contributed by atoms with Crippen LogP contribution in [0, 0.1) is 5.41 Å². The summed E-state index contributed by atoms with van der Waals surface area (Å²) in [5, 5.41) is 0. The lowest BCUT2D eigenvalue weighted by Crippen LogP contribution is -2.22. The minimum absolute atomic E-state index is 0.275. The molecule has 0 aliphatic heterocycles. The molecule has 0 N–H and O–H groups in total. The Morgan fingerprint density at radius 1 is 1.60 bits per heavy atom. The number of pyridine rings is 1. The second kappa shape index (κ2) is 3.20. The molecule has 80 valence electrons. The Balaban J connectivity index is 2.31. The van der Waals surface area contributed by atoms with Crippen LogP contribution in [0.4, 0.5) is 0 Å². The average molecular weight is 226 g/mol. The number of alkyl halides is 1. The molecule has 1 aliphatic carbocycles. The SMILES string of the molecule is COC(=O)C1(C)CC1(Cl)c1ccccn1. The quantitative estimate of drug-likeness (QED) is 0.572. The van der Waals surface area contributed by atoms with Gasteiger partial charge in [0.15, 0.2) is 0 Å². The molecule has 2 unspecified atom stereocenters. The molecule has 2 rings (SSSR count). The number of methoxy groups -OCH3 is 1. The molecular formula is C11H12ClNO2. The maximum Gasteiger partial charge on any atom is 0.313 e. The third-order valence-corrected chi connectivity index (χ3v) is 3.80. The van der Waals surface area contributed by atoms with E-state index in [0.717, 1.165) is 5.69 Å². The van der Waals surface area contributed by atoms with Crippen LogP contribution in [0.5, 0.6) is 0 Å². The van der Waals surface area contributed by atoms with E-state index in [9.17, 15) is 4.79 Å². The van der Waals surface area contributed by atoms with E-state index in [4.69, 9.17) is 16.3 Å². The number of halogens is 1. The average Bonchev–Trinajstić information content (AvgIpc) is 2.85. The molecule has 1 aromatic rings. The molecule has 1 heterocycles. The van der Waals surface area contributed by atoms with Gasteiger partial charge in [-0.05, 0) is 25.5 Å². The zero-order chi connectivity index (χ0) is 11.1. The van der Waals surface area contributed by atoms with Crippen molar-refractivity contribution in [1.82, 2.24) is 4.98 Å². The molecule has 0 bridgehead atoms. The predicted molar refractivity (Wildman–Crippen MR) is 56.5 cm³/mol. The minimum atomic E-state index is -0.693. The Labute approximate surface area is 93.4 Å². The third-order valence-electron chi connectivity index (χ3n) is 3.05. The summed E-state index contributed by atoms with van der Waals surface area (Å²) in [5.74, 6) is -0.275. The van der Waals surface area contributed by atoms with Gasteiger partial charge in [0.25, 0.3) is 0 Å². The summed E-state index contributed by atoms with van der Waals surface area (Å²) in [6, 6.07) is 5.52. The van der Waals surface area contributed by atoms with Crippen molar-refractivity contribution in [2.24, 2.45) is 5.41 Å². The van der Waals surface area contributed by atoms with Crippen LogP contribution in [0.25, 0.3) is 0 Å². The van der Waals surface area contributed by atoms with Crippen LogP contribution in [0.3, 0.4) is 0 Å². The van der Waals surface area contributed by atoms with Gasteiger partial charge in [-0.15, -0.1) is 11.6 Å². The monoisotopic (exact) mass is 225 g/mol. The summed E-state index contributed by atoms with van der Waals surface area (Å²) in [7, 11) is 1.38. The standard InChI is InChI=1S/C11H12ClNO2/c1-10(9(14)15-2)7-11(10,12)8-5-3-4-6-13-8/h3-6H,7H2,1-2H3. The lowest BCUT2D eigenvalue weighted by atomic mass is 10.0. The van der Waals surface area contributed by atoms with Crippen LogP contribution in [0.2, 0.25) is 0 Å². The molecular weight excluding hydrogens is 214 g/mol. The molecule has 15 heavy (non-hydrogen) atoms. The normalized spacial score (nSPS) is 33.5. The van der Waals surface area contributed by atoms with Gasteiger partial charge in [-0.2, -0.15) is 0 Å². The molecule has 1 aliphatic rings. The van der Waals surface area contributed by atoms with Gasteiger partial charge >= 0.3 is 5.97 Å². The molecule has 0 saturated heterocycles. The summed E-state index contributed by atoms with van der Waals surface area (Å²) < 4.78 is 4.74. The molecule has 0 spiro atoms. The number of nitrogens with zero attached hydrogens (tertiary/aromatic N) is 1. The number of esters is 1. The first kappa shape index (κ1) is 10.4. The lowest BCUT2D eigenvalue weighted by Gasteiger charge is -2.13. The molecule has 1 fully saturated rings. The fourth-order valence-corrected chi connectivity index (χ4v) is 2.33. The van der Waals surface area contributed by atoms with E-state index in [0.29, 0.717) is 6.42 Å². The van der Waals surface area contributed by atoms with Crippen LogP contribution < -0.4 is 0 Å². The van der Waals surface area contributed by atoms with E-state index in [2.05, 4.69) is 4.98 Å². The largest absolute Gasteiger partial charge is 0.469 e. The number of ether oxygens (including phenoxy) is 1. The zero-order valence-corrected chi connectivity index (χ0v) is 9.41. The highest BCUT2D eigenvalue weighted by molar-refractivity contribution is 6.29. The number of hydrogen-bond donors (Lipinski definition) is 0. The highest BCUT2D eigenvalue weighted by atomic mass is 35.5. The second-order valence-electron chi connectivity index (χ2n) is 4.02. The van der Waals surface area contributed by atoms with E-state index in [1.807, 2.05) is 18.2 Å². The Bertz CT molecular complexity index is 395. The fourth-order valence-electron chi connectivity index (χ4n) is 1.87. The van der Waals surface area contributed by atoms with E-state index < -0.39 is 10.3 Å². The topological polar surface area (TPSA) is 39.2 Å².